The molecule has 1 aromatic heterocycles. The maximum absolute atomic E-state index is 13.6. The summed E-state index contributed by atoms with van der Waals surface area (Å²) in [5, 5.41) is 9.85. The van der Waals surface area contributed by atoms with Crippen LogP contribution in [0.1, 0.15) is 53.2 Å². The number of hydrogen-bond donors (Lipinski definition) is 1. The molecule has 1 aromatic carbocycles. The van der Waals surface area contributed by atoms with Crippen molar-refractivity contribution in [3.05, 3.63) is 53.7 Å². The third-order valence-electron chi connectivity index (χ3n) is 5.69. The molecule has 194 valence electrons. The number of esters is 1. The maximum Gasteiger partial charge on any atom is 0.308 e. The van der Waals surface area contributed by atoms with Crippen LogP contribution in [-0.2, 0) is 29.0 Å². The predicted molar refractivity (Wildman–Crippen MR) is 138 cm³/mol. The summed E-state index contributed by atoms with van der Waals surface area (Å²) in [6.07, 6.45) is 3.90. The molecule has 3 rings (SSSR count). The first kappa shape index (κ1) is 27.3. The number of sulfone groups is 1. The molecule has 0 saturated heterocycles. The van der Waals surface area contributed by atoms with Gasteiger partial charge in [-0.25, -0.2) is 8.42 Å². The van der Waals surface area contributed by atoms with Crippen molar-refractivity contribution in [1.82, 2.24) is 10.3 Å². The third-order valence-corrected chi connectivity index (χ3v) is 6.35. The second-order valence-electron chi connectivity index (χ2n) is 10.3. The van der Waals surface area contributed by atoms with Crippen LogP contribution in [0.4, 0.5) is 0 Å². The molecule has 36 heavy (non-hydrogen) atoms. The molecule has 2 aromatic rings. The Bertz CT molecular complexity index is 1310. The molecule has 1 aliphatic heterocycles. The standard InChI is InChI=1S/C26H33N3O6S/c1-17(2)26(16-21(29-35-26)23-20-10-8-7-9-18(20)11-13-27-23)24(31)28-19(12-14-36(6,32)33)15-22(30)34-25(3,4)5/h7-14,17,19H,15-16H2,1-6H3,(H,28,31)/b14-12+/t19-,26-/m1/s1. The summed E-state index contributed by atoms with van der Waals surface area (Å²) in [7, 11) is -3.49. The van der Waals surface area contributed by atoms with Crippen LogP contribution in [0.25, 0.3) is 10.8 Å². The predicted octanol–water partition coefficient (Wildman–Crippen LogP) is 3.53. The zero-order valence-electron chi connectivity index (χ0n) is 21.4. The molecular formula is C26H33N3O6S. The van der Waals surface area contributed by atoms with Gasteiger partial charge in [0.1, 0.15) is 11.3 Å². The van der Waals surface area contributed by atoms with Crippen molar-refractivity contribution in [2.45, 2.75) is 64.7 Å². The van der Waals surface area contributed by atoms with Crippen LogP contribution in [0.3, 0.4) is 0 Å². The molecule has 0 bridgehead atoms. The summed E-state index contributed by atoms with van der Waals surface area (Å²) in [5.41, 5.74) is -0.926. The minimum atomic E-state index is -3.49. The van der Waals surface area contributed by atoms with Crippen LogP contribution in [0.2, 0.25) is 0 Å². The summed E-state index contributed by atoms with van der Waals surface area (Å²) in [5.74, 6) is -1.38. The van der Waals surface area contributed by atoms with Gasteiger partial charge >= 0.3 is 5.97 Å². The van der Waals surface area contributed by atoms with E-state index in [2.05, 4.69) is 15.5 Å². The van der Waals surface area contributed by atoms with Gasteiger partial charge in [0.15, 0.2) is 9.84 Å². The van der Waals surface area contributed by atoms with Gasteiger partial charge in [0.2, 0.25) is 5.60 Å². The summed E-state index contributed by atoms with van der Waals surface area (Å²) >= 11 is 0. The quantitative estimate of drug-likeness (QED) is 0.533. The third kappa shape index (κ3) is 6.69. The van der Waals surface area contributed by atoms with E-state index < -0.39 is 39.0 Å². The van der Waals surface area contributed by atoms with Crippen molar-refractivity contribution < 1.29 is 27.6 Å². The number of carbonyl (C=O) groups is 2. The molecule has 0 saturated carbocycles. The van der Waals surface area contributed by atoms with Gasteiger partial charge in [0.25, 0.3) is 5.91 Å². The van der Waals surface area contributed by atoms with Crippen LogP contribution in [0.5, 0.6) is 0 Å². The minimum absolute atomic E-state index is 0.159. The highest BCUT2D eigenvalue weighted by molar-refractivity contribution is 7.93. The lowest BCUT2D eigenvalue weighted by Crippen LogP contribution is -2.53. The lowest BCUT2D eigenvalue weighted by Gasteiger charge is -2.31. The zero-order chi connectivity index (χ0) is 26.7. The molecular weight excluding hydrogens is 482 g/mol. The first-order valence-electron chi connectivity index (χ1n) is 11.7. The summed E-state index contributed by atoms with van der Waals surface area (Å²) in [4.78, 5) is 36.3. The Labute approximate surface area is 211 Å². The molecule has 9 nitrogen and oxygen atoms in total. The molecule has 0 aliphatic carbocycles. The highest BCUT2D eigenvalue weighted by Crippen LogP contribution is 2.35. The van der Waals surface area contributed by atoms with Crippen molar-refractivity contribution in [2.75, 3.05) is 6.26 Å². The topological polar surface area (TPSA) is 124 Å². The Kier molecular flexibility index (Phi) is 7.88. The number of oxime groups is 1. The second kappa shape index (κ2) is 10.4. The number of carbonyl (C=O) groups excluding carboxylic acids is 2. The number of aromatic nitrogens is 1. The fourth-order valence-electron chi connectivity index (χ4n) is 3.88. The number of ether oxygens (including phenoxy) is 1. The first-order chi connectivity index (χ1) is 16.7. The lowest BCUT2D eigenvalue weighted by atomic mass is 9.83. The van der Waals surface area contributed by atoms with Gasteiger partial charge in [-0.1, -0.05) is 49.3 Å². The zero-order valence-corrected chi connectivity index (χ0v) is 22.3. The van der Waals surface area contributed by atoms with Crippen LogP contribution >= 0.6 is 0 Å². The first-order valence-corrected chi connectivity index (χ1v) is 13.7. The number of hydrogen-bond acceptors (Lipinski definition) is 8. The Morgan fingerprint density at radius 3 is 2.56 bits per heavy atom. The van der Waals surface area contributed by atoms with Crippen molar-refractivity contribution in [3.63, 3.8) is 0 Å². The van der Waals surface area contributed by atoms with Gasteiger partial charge in [0, 0.05) is 35.6 Å². The van der Waals surface area contributed by atoms with Gasteiger partial charge in [-0.05, 0) is 32.2 Å². The van der Waals surface area contributed by atoms with E-state index in [0.717, 1.165) is 22.4 Å². The number of rotatable bonds is 8. The van der Waals surface area contributed by atoms with Crippen molar-refractivity contribution >= 4 is 38.2 Å². The SMILES string of the molecule is CC(C)[C@@]1(C(=O)N[C@H](/C=C/S(C)(=O)=O)CC(=O)OC(C)(C)C)CC(c2nccc3ccccc23)=NO1. The molecule has 1 amide bonds. The molecule has 2 heterocycles. The number of fused-ring (bicyclic) bond motifs is 1. The Morgan fingerprint density at radius 1 is 1.22 bits per heavy atom. The molecule has 1 aliphatic rings. The number of pyridine rings is 1. The van der Waals surface area contributed by atoms with Crippen molar-refractivity contribution in [3.8, 4) is 0 Å². The number of nitrogens with one attached hydrogen (secondary N) is 1. The van der Waals surface area contributed by atoms with Gasteiger partial charge in [0.05, 0.1) is 18.2 Å². The van der Waals surface area contributed by atoms with E-state index in [9.17, 15) is 18.0 Å². The number of amides is 1. The Balaban J connectivity index is 1.86. The highest BCUT2D eigenvalue weighted by atomic mass is 32.2. The van der Waals surface area contributed by atoms with E-state index in [4.69, 9.17) is 9.57 Å². The number of benzene rings is 1. The van der Waals surface area contributed by atoms with Crippen LogP contribution in [0.15, 0.2) is 53.2 Å². The average Bonchev–Trinajstić information content (AvgIpc) is 3.22. The van der Waals surface area contributed by atoms with Gasteiger partial charge < -0.3 is 14.9 Å². The molecule has 0 spiro atoms. The van der Waals surface area contributed by atoms with Crippen molar-refractivity contribution in [2.24, 2.45) is 11.1 Å². The summed E-state index contributed by atoms with van der Waals surface area (Å²) in [6.45, 7) is 8.86. The average molecular weight is 516 g/mol. The van der Waals surface area contributed by atoms with Crippen LogP contribution in [0, 0.1) is 5.92 Å². The lowest BCUT2D eigenvalue weighted by molar-refractivity contribution is -0.156. The van der Waals surface area contributed by atoms with Gasteiger partial charge in [-0.2, -0.15) is 0 Å². The van der Waals surface area contributed by atoms with Gasteiger partial charge in [-0.3, -0.25) is 14.6 Å². The molecule has 2 atom stereocenters. The maximum atomic E-state index is 13.6. The van der Waals surface area contributed by atoms with Crippen LogP contribution < -0.4 is 5.32 Å². The molecule has 10 heteroatoms. The Morgan fingerprint density at radius 2 is 1.92 bits per heavy atom. The Hall–Kier alpha value is -3.27. The molecule has 0 radical (unpaired) electrons. The van der Waals surface area contributed by atoms with E-state index in [1.54, 1.807) is 27.0 Å². The highest BCUT2D eigenvalue weighted by Gasteiger charge is 2.50. The fourth-order valence-corrected chi connectivity index (χ4v) is 4.35. The normalized spacial score (nSPS) is 19.2. The largest absolute Gasteiger partial charge is 0.460 e. The monoisotopic (exact) mass is 515 g/mol. The van der Waals surface area contributed by atoms with Crippen molar-refractivity contribution in [1.29, 1.82) is 0 Å². The van der Waals surface area contributed by atoms with E-state index >= 15 is 0 Å². The second-order valence-corrected chi connectivity index (χ2v) is 12.2. The molecule has 0 fully saturated rings. The van der Waals surface area contributed by atoms with Crippen LogP contribution in [-0.4, -0.2) is 54.5 Å². The van der Waals surface area contributed by atoms with E-state index in [1.165, 1.54) is 6.08 Å². The summed E-state index contributed by atoms with van der Waals surface area (Å²) < 4.78 is 28.8. The minimum Gasteiger partial charge on any atom is -0.460 e. The smallest absolute Gasteiger partial charge is 0.308 e. The van der Waals surface area contributed by atoms with E-state index in [0.29, 0.717) is 11.4 Å². The molecule has 1 N–H and O–H groups in total. The molecule has 0 unspecified atom stereocenters. The van der Waals surface area contributed by atoms with Gasteiger partial charge in [-0.15, -0.1) is 0 Å². The van der Waals surface area contributed by atoms with E-state index in [-0.39, 0.29) is 18.8 Å². The number of nitrogens with zero attached hydrogens (tertiary/aromatic N) is 2. The van der Waals surface area contributed by atoms with E-state index in [1.807, 2.05) is 44.2 Å². The fraction of sp³-hybridized carbons (Fsp3) is 0.462. The summed E-state index contributed by atoms with van der Waals surface area (Å²) in [6, 6.07) is 8.70.